The molecule has 60 heavy (non-hydrogen) atoms. The van der Waals surface area contributed by atoms with Gasteiger partial charge in [0, 0.05) is 33.5 Å². The van der Waals surface area contributed by atoms with Gasteiger partial charge in [-0.1, -0.05) is 134 Å². The molecule has 288 valence electrons. The van der Waals surface area contributed by atoms with Crippen LogP contribution < -0.4 is 4.90 Å². The molecule has 2 nitrogen and oxygen atoms in total. The van der Waals surface area contributed by atoms with Gasteiger partial charge in [0.2, 0.25) is 0 Å². The Balaban J connectivity index is 0.987. The summed E-state index contributed by atoms with van der Waals surface area (Å²) in [6.45, 7) is 2.50. The zero-order valence-corrected chi connectivity index (χ0v) is 33.9. The number of benzene rings is 9. The van der Waals surface area contributed by atoms with Crippen LogP contribution in [-0.2, 0) is 5.41 Å². The summed E-state index contributed by atoms with van der Waals surface area (Å²) < 4.78 is 2.42. The van der Waals surface area contributed by atoms with E-state index in [0.717, 1.165) is 23.7 Å². The highest BCUT2D eigenvalue weighted by Crippen LogP contribution is 2.71. The summed E-state index contributed by atoms with van der Waals surface area (Å²) in [7, 11) is 0. The van der Waals surface area contributed by atoms with Crippen molar-refractivity contribution in [2.24, 2.45) is 23.7 Å². The fourth-order valence-electron chi connectivity index (χ4n) is 12.8. The Kier molecular flexibility index (Phi) is 7.38. The maximum atomic E-state index is 2.57. The third kappa shape index (κ3) is 4.94. The Hall–Kier alpha value is -6.64. The lowest BCUT2D eigenvalue weighted by molar-refractivity contribution is -0.159. The van der Waals surface area contributed by atoms with Crippen molar-refractivity contribution in [1.29, 1.82) is 0 Å². The van der Waals surface area contributed by atoms with Gasteiger partial charge in [-0.2, -0.15) is 0 Å². The molecule has 5 atom stereocenters. The molecule has 2 unspecified atom stereocenters. The Morgan fingerprint density at radius 1 is 0.433 bits per heavy atom. The molecule has 0 saturated heterocycles. The van der Waals surface area contributed by atoms with E-state index in [2.05, 4.69) is 204 Å². The second kappa shape index (κ2) is 12.9. The lowest BCUT2D eigenvalue weighted by Gasteiger charge is -2.70. The summed E-state index contributed by atoms with van der Waals surface area (Å²) in [5.74, 6) is 3.49. The molecule has 1 aromatic heterocycles. The van der Waals surface area contributed by atoms with Crippen molar-refractivity contribution in [3.05, 3.63) is 194 Å². The van der Waals surface area contributed by atoms with Gasteiger partial charge in [-0.3, -0.25) is 0 Å². The van der Waals surface area contributed by atoms with Gasteiger partial charge in [0.25, 0.3) is 0 Å². The number of fused-ring (bicyclic) bond motifs is 9. The second-order valence-corrected chi connectivity index (χ2v) is 18.4. The molecular formula is C58H46N2. The first kappa shape index (κ1) is 34.2. The highest BCUT2D eigenvalue weighted by molar-refractivity contribution is 6.25. The van der Waals surface area contributed by atoms with Gasteiger partial charge in [-0.15, -0.1) is 0 Å². The Bertz CT molecular complexity index is 3260. The van der Waals surface area contributed by atoms with Gasteiger partial charge in [-0.05, 0) is 164 Å². The molecule has 2 heteroatoms. The fraction of sp³-hybridized carbons (Fsp3) is 0.172. The first-order chi connectivity index (χ1) is 29.6. The molecule has 3 aliphatic carbocycles. The maximum Gasteiger partial charge on any atom is 0.0541 e. The van der Waals surface area contributed by atoms with Crippen LogP contribution in [0.1, 0.15) is 38.2 Å². The van der Waals surface area contributed by atoms with Gasteiger partial charge in [0.15, 0.2) is 0 Å². The molecule has 10 aromatic rings. The van der Waals surface area contributed by atoms with Crippen LogP contribution >= 0.6 is 0 Å². The molecule has 3 fully saturated rings. The fourth-order valence-corrected chi connectivity index (χ4v) is 12.8. The Morgan fingerprint density at radius 3 is 1.67 bits per heavy atom. The number of aromatic nitrogens is 1. The van der Waals surface area contributed by atoms with Gasteiger partial charge in [0.05, 0.1) is 11.0 Å². The third-order valence-electron chi connectivity index (χ3n) is 15.1. The minimum absolute atomic E-state index is 0.320. The number of rotatable bonds is 6. The minimum Gasteiger partial charge on any atom is -0.310 e. The number of hydrogen-bond donors (Lipinski definition) is 0. The van der Waals surface area contributed by atoms with Crippen molar-refractivity contribution < 1.29 is 0 Å². The molecule has 9 aromatic carbocycles. The molecule has 0 bridgehead atoms. The Morgan fingerprint density at radius 2 is 0.983 bits per heavy atom. The van der Waals surface area contributed by atoms with Crippen LogP contribution in [0.25, 0.3) is 70.9 Å². The molecule has 3 saturated carbocycles. The lowest BCUT2D eigenvalue weighted by Crippen LogP contribution is -2.65. The Labute approximate surface area is 351 Å². The average molecular weight is 771 g/mol. The van der Waals surface area contributed by atoms with Crippen LogP contribution in [-0.4, -0.2) is 4.57 Å². The van der Waals surface area contributed by atoms with E-state index in [-0.39, 0.29) is 0 Å². The van der Waals surface area contributed by atoms with E-state index in [4.69, 9.17) is 0 Å². The summed E-state index contributed by atoms with van der Waals surface area (Å²) in [4.78, 5) is 2.53. The number of nitrogens with zero attached hydrogens (tertiary/aromatic N) is 2. The minimum atomic E-state index is 0.320. The molecule has 0 N–H and O–H groups in total. The van der Waals surface area contributed by atoms with E-state index >= 15 is 0 Å². The predicted molar refractivity (Wildman–Crippen MR) is 253 cm³/mol. The van der Waals surface area contributed by atoms with Crippen molar-refractivity contribution in [2.75, 3.05) is 4.90 Å². The van der Waals surface area contributed by atoms with Crippen LogP contribution in [0.3, 0.4) is 0 Å². The summed E-state index contributed by atoms with van der Waals surface area (Å²) in [6, 6.07) is 70.6. The zero-order valence-electron chi connectivity index (χ0n) is 33.9. The summed E-state index contributed by atoms with van der Waals surface area (Å²) in [5.41, 5.74) is 11.5. The first-order valence-corrected chi connectivity index (χ1v) is 22.0. The monoisotopic (exact) mass is 770 g/mol. The first-order valence-electron chi connectivity index (χ1n) is 22.0. The number of para-hydroxylation sites is 2. The van der Waals surface area contributed by atoms with Crippen molar-refractivity contribution in [2.45, 2.75) is 38.0 Å². The average Bonchev–Trinajstić information content (AvgIpc) is 3.62. The number of hydrogen-bond acceptors (Lipinski definition) is 1. The summed E-state index contributed by atoms with van der Waals surface area (Å²) >= 11 is 0. The van der Waals surface area contributed by atoms with Gasteiger partial charge in [-0.25, -0.2) is 0 Å². The van der Waals surface area contributed by atoms with E-state index in [9.17, 15) is 0 Å². The molecule has 0 spiro atoms. The molecule has 0 amide bonds. The highest BCUT2D eigenvalue weighted by atomic mass is 15.1. The second-order valence-electron chi connectivity index (χ2n) is 18.4. The number of anilines is 3. The van der Waals surface area contributed by atoms with Crippen LogP contribution in [0.15, 0.2) is 188 Å². The van der Waals surface area contributed by atoms with Crippen molar-refractivity contribution in [1.82, 2.24) is 4.57 Å². The van der Waals surface area contributed by atoms with Crippen LogP contribution in [0, 0.1) is 23.7 Å². The van der Waals surface area contributed by atoms with Gasteiger partial charge in [0.1, 0.15) is 0 Å². The maximum absolute atomic E-state index is 2.57. The van der Waals surface area contributed by atoms with E-state index in [0.29, 0.717) is 5.41 Å². The highest BCUT2D eigenvalue weighted by Gasteiger charge is 2.65. The van der Waals surface area contributed by atoms with E-state index in [1.165, 1.54) is 114 Å². The zero-order chi connectivity index (χ0) is 39.5. The largest absolute Gasteiger partial charge is 0.310 e. The van der Waals surface area contributed by atoms with Crippen LogP contribution in [0.2, 0.25) is 0 Å². The van der Waals surface area contributed by atoms with Crippen molar-refractivity contribution >= 4 is 71.2 Å². The van der Waals surface area contributed by atoms with E-state index < -0.39 is 0 Å². The smallest absolute Gasteiger partial charge is 0.0541 e. The molecule has 3 aliphatic rings. The summed E-state index contributed by atoms with van der Waals surface area (Å²) in [5, 5.41) is 10.4. The summed E-state index contributed by atoms with van der Waals surface area (Å²) in [6.07, 6.45) is 5.54. The van der Waals surface area contributed by atoms with E-state index in [1.54, 1.807) is 5.56 Å². The van der Waals surface area contributed by atoms with Gasteiger partial charge < -0.3 is 9.47 Å². The molecule has 1 heterocycles. The van der Waals surface area contributed by atoms with Crippen molar-refractivity contribution in [3.8, 4) is 16.8 Å². The SMILES string of the molecule is C[C@H]1CC2C[C@H]3CC(c4cccc(N(c5cccc(-c6cccc(-n7c8ccccc8c8ccccc87)c6)c5)c5ccc6c7ccccc7c7ccccc7c6c5)c4)(C1)[C@@H]23. The molecule has 0 aliphatic heterocycles. The molecule has 13 rings (SSSR count). The quantitative estimate of drug-likeness (QED) is 0.153. The lowest BCUT2D eigenvalue weighted by atomic mass is 9.34. The van der Waals surface area contributed by atoms with E-state index in [1.807, 2.05) is 0 Å². The van der Waals surface area contributed by atoms with Crippen LogP contribution in [0.5, 0.6) is 0 Å². The third-order valence-corrected chi connectivity index (χ3v) is 15.1. The molecule has 0 radical (unpaired) electrons. The predicted octanol–water partition coefficient (Wildman–Crippen LogP) is 15.7. The van der Waals surface area contributed by atoms with Crippen LogP contribution in [0.4, 0.5) is 17.1 Å². The standard InChI is InChI=1S/C58H46N2/c1-37-29-40-30-41-36-58(35-37,57(40)41)42-15-12-18-45(33-42)59(46-27-28-51-49-21-3-2-19-47(49)48-20-4-5-22-50(48)54(51)34-46)43-16-10-13-38(31-43)39-14-11-17-44(32-39)60-55-25-8-6-23-52(55)53-24-7-9-26-56(53)60/h2-28,31-34,37,40-41,57H,29-30,35-36H2,1H3/t37-,40?,41-,57-,58?/m0/s1. The van der Waals surface area contributed by atoms with Crippen molar-refractivity contribution in [3.63, 3.8) is 0 Å². The topological polar surface area (TPSA) is 8.17 Å². The van der Waals surface area contributed by atoms with Gasteiger partial charge >= 0.3 is 0 Å². The normalized spacial score (nSPS) is 21.9. The molecular weight excluding hydrogens is 725 g/mol.